The summed E-state index contributed by atoms with van der Waals surface area (Å²) in [5.74, 6) is 3.81. The average molecular weight is 955 g/mol. The molecule has 0 unspecified atom stereocenters. The second-order valence-corrected chi connectivity index (χ2v) is 18.4. The van der Waals surface area contributed by atoms with Gasteiger partial charge in [-0.05, 0) is 120 Å². The molecule has 2 N–H and O–H groups in total. The van der Waals surface area contributed by atoms with Gasteiger partial charge in [0.2, 0.25) is 0 Å². The van der Waals surface area contributed by atoms with Gasteiger partial charge in [0.15, 0.2) is 23.3 Å². The molecule has 10 aromatic rings. The van der Waals surface area contributed by atoms with Gasteiger partial charge in [0.05, 0.1) is 49.6 Å². The quantitative estimate of drug-likeness (QED) is 0.135. The van der Waals surface area contributed by atoms with Crippen LogP contribution in [0.25, 0.3) is 57.2 Å². The van der Waals surface area contributed by atoms with E-state index < -0.39 is 11.2 Å². The third-order valence-electron chi connectivity index (χ3n) is 13.6. The Labute approximate surface area is 416 Å². The first-order valence-electron chi connectivity index (χ1n) is 24.2. The number of imidazole rings is 2. The number of aromatic nitrogens is 10. The van der Waals surface area contributed by atoms with Crippen LogP contribution in [0.2, 0.25) is 0 Å². The normalized spacial score (nSPS) is 17.5. The fourth-order valence-corrected chi connectivity index (χ4v) is 10.1. The van der Waals surface area contributed by atoms with Gasteiger partial charge in [-0.3, -0.25) is 0 Å². The lowest BCUT2D eigenvalue weighted by Crippen LogP contribution is -2.35. The molecule has 2 atom stereocenters. The molecule has 14 heteroatoms. The van der Waals surface area contributed by atoms with E-state index in [1.165, 1.54) is 0 Å². The number of aliphatic hydroxyl groups is 2. The molecule has 0 saturated carbocycles. The Hall–Kier alpha value is -8.46. The number of ether oxygens (including phenoxy) is 2. The molecule has 4 aromatic heterocycles. The minimum atomic E-state index is -1.19. The SMILES string of the molecule is COc1cc(/C=C/c2nc3n(n2)CCC[C@@]3(O)c2cccc3ccccc23)ccc1-n1cnc(C)c1.COc1cc(/C=C/c2nc3n(n2)CCC[C@]3(O)c2cccc3ccccc23)ccc1-n1cnc(C)c1. The molecule has 0 fully saturated rings. The molecule has 6 aromatic carbocycles. The van der Waals surface area contributed by atoms with Crippen LogP contribution in [-0.2, 0) is 24.3 Å². The lowest BCUT2D eigenvalue weighted by molar-refractivity contribution is 0.0406. The summed E-state index contributed by atoms with van der Waals surface area (Å²) in [6, 6.07) is 40.4. The Morgan fingerprint density at radius 1 is 0.528 bits per heavy atom. The number of benzene rings is 6. The standard InChI is InChI=1S/2C29H27N5O2/c2*1-20-18-33(19-30-20)25-13-11-21(17-26(25)36-2)12-14-27-31-28-29(35,15-6-16-34(28)32-27)24-10-5-8-22-7-3-4-9-23(22)24/h2*3-5,7-14,17-19,35H,6,15-16H2,1-2H3/b2*14-12+/t2*29-/m10/s1. The maximum Gasteiger partial charge on any atom is 0.174 e. The first kappa shape index (κ1) is 46.0. The molecule has 2 aliphatic rings. The highest BCUT2D eigenvalue weighted by atomic mass is 16.5. The second-order valence-electron chi connectivity index (χ2n) is 18.4. The molecule has 0 amide bonds. The Balaban J connectivity index is 0.000000156. The van der Waals surface area contributed by atoms with Crippen molar-refractivity contribution in [3.63, 3.8) is 0 Å². The van der Waals surface area contributed by atoms with Crippen LogP contribution >= 0.6 is 0 Å². The summed E-state index contributed by atoms with van der Waals surface area (Å²) in [5, 5.41) is 37.5. The zero-order valence-electron chi connectivity index (χ0n) is 40.6. The molecular weight excluding hydrogens is 901 g/mol. The van der Waals surface area contributed by atoms with Crippen LogP contribution in [0.5, 0.6) is 11.5 Å². The molecule has 6 heterocycles. The summed E-state index contributed by atoms with van der Waals surface area (Å²) >= 11 is 0. The largest absolute Gasteiger partial charge is 0.495 e. The summed E-state index contributed by atoms with van der Waals surface area (Å²) in [5.41, 5.74) is 5.03. The van der Waals surface area contributed by atoms with E-state index in [0.717, 1.165) is 104 Å². The van der Waals surface area contributed by atoms with Crippen LogP contribution in [0.1, 0.15) is 82.6 Å². The molecule has 12 rings (SSSR count). The summed E-state index contributed by atoms with van der Waals surface area (Å²) < 4.78 is 18.8. The van der Waals surface area contributed by atoms with E-state index in [1.807, 2.05) is 154 Å². The van der Waals surface area contributed by atoms with Gasteiger partial charge in [-0.25, -0.2) is 29.3 Å². The Kier molecular flexibility index (Phi) is 12.2. The van der Waals surface area contributed by atoms with Gasteiger partial charge >= 0.3 is 0 Å². The van der Waals surface area contributed by atoms with Gasteiger partial charge in [0.25, 0.3) is 0 Å². The number of rotatable bonds is 10. The fourth-order valence-electron chi connectivity index (χ4n) is 10.1. The van der Waals surface area contributed by atoms with E-state index >= 15 is 0 Å². The topological polar surface area (TPSA) is 156 Å². The second kappa shape index (κ2) is 19.0. The lowest BCUT2D eigenvalue weighted by atomic mass is 9.83. The third-order valence-corrected chi connectivity index (χ3v) is 13.6. The summed E-state index contributed by atoms with van der Waals surface area (Å²) in [4.78, 5) is 18.2. The van der Waals surface area contributed by atoms with Crippen molar-refractivity contribution in [2.45, 2.75) is 63.8 Å². The average Bonchev–Trinajstić information content (AvgIpc) is 4.25. The van der Waals surface area contributed by atoms with Crippen molar-refractivity contribution in [3.05, 3.63) is 203 Å². The van der Waals surface area contributed by atoms with E-state index in [2.05, 4.69) is 46.4 Å². The van der Waals surface area contributed by atoms with Crippen LogP contribution in [0.15, 0.2) is 146 Å². The summed E-state index contributed by atoms with van der Waals surface area (Å²) in [6.45, 7) is 5.38. The van der Waals surface area contributed by atoms with Crippen molar-refractivity contribution in [3.8, 4) is 22.9 Å². The highest BCUT2D eigenvalue weighted by Crippen LogP contribution is 2.42. The van der Waals surface area contributed by atoms with Crippen molar-refractivity contribution in [2.75, 3.05) is 14.2 Å². The summed E-state index contributed by atoms with van der Waals surface area (Å²) in [6.07, 6.45) is 18.0. The van der Waals surface area contributed by atoms with E-state index in [-0.39, 0.29) is 0 Å². The number of nitrogens with zero attached hydrogens (tertiary/aromatic N) is 10. The Morgan fingerprint density at radius 3 is 1.38 bits per heavy atom. The van der Waals surface area contributed by atoms with Gasteiger partial charge < -0.3 is 28.8 Å². The zero-order valence-corrected chi connectivity index (χ0v) is 40.6. The molecule has 0 spiro atoms. The predicted octanol–water partition coefficient (Wildman–Crippen LogP) is 10.3. The Morgan fingerprint density at radius 2 is 0.958 bits per heavy atom. The van der Waals surface area contributed by atoms with Gasteiger partial charge in [-0.15, -0.1) is 0 Å². The molecule has 0 saturated heterocycles. The van der Waals surface area contributed by atoms with Crippen molar-refractivity contribution in [1.82, 2.24) is 48.6 Å². The number of hydrogen-bond acceptors (Lipinski definition) is 10. The molecule has 360 valence electrons. The number of hydrogen-bond donors (Lipinski definition) is 2. The van der Waals surface area contributed by atoms with E-state index in [0.29, 0.717) is 36.1 Å². The van der Waals surface area contributed by atoms with E-state index in [9.17, 15) is 10.2 Å². The van der Waals surface area contributed by atoms with Crippen LogP contribution in [0, 0.1) is 13.8 Å². The molecular formula is C58H54N10O4. The van der Waals surface area contributed by atoms with Crippen LogP contribution in [0.3, 0.4) is 0 Å². The van der Waals surface area contributed by atoms with Crippen molar-refractivity contribution in [2.24, 2.45) is 0 Å². The first-order chi connectivity index (χ1) is 35.1. The molecule has 14 nitrogen and oxygen atoms in total. The Bertz CT molecular complexity index is 3430. The number of methoxy groups -OCH3 is 2. The van der Waals surface area contributed by atoms with Crippen LogP contribution in [-0.4, -0.2) is 73.1 Å². The van der Waals surface area contributed by atoms with Crippen molar-refractivity contribution >= 4 is 45.8 Å². The van der Waals surface area contributed by atoms with E-state index in [1.54, 1.807) is 26.9 Å². The zero-order chi connectivity index (χ0) is 49.4. The third kappa shape index (κ3) is 8.64. The maximum absolute atomic E-state index is 11.9. The molecule has 2 aliphatic heterocycles. The number of aryl methyl sites for hydroxylation is 4. The summed E-state index contributed by atoms with van der Waals surface area (Å²) in [7, 11) is 3.32. The lowest BCUT2D eigenvalue weighted by Gasteiger charge is -2.32. The van der Waals surface area contributed by atoms with Gasteiger partial charge in [0.1, 0.15) is 22.7 Å². The highest BCUT2D eigenvalue weighted by Gasteiger charge is 2.42. The van der Waals surface area contributed by atoms with Gasteiger partial charge in [-0.1, -0.05) is 109 Å². The predicted molar refractivity (Wildman–Crippen MR) is 280 cm³/mol. The molecule has 0 bridgehead atoms. The van der Waals surface area contributed by atoms with Gasteiger partial charge in [0, 0.05) is 25.5 Å². The minimum Gasteiger partial charge on any atom is -0.495 e. The maximum atomic E-state index is 11.9. The highest BCUT2D eigenvalue weighted by molar-refractivity contribution is 5.88. The van der Waals surface area contributed by atoms with Crippen molar-refractivity contribution in [1.29, 1.82) is 0 Å². The molecule has 0 radical (unpaired) electrons. The smallest absolute Gasteiger partial charge is 0.174 e. The van der Waals surface area contributed by atoms with E-state index in [4.69, 9.17) is 29.6 Å². The number of fused-ring (bicyclic) bond motifs is 4. The van der Waals surface area contributed by atoms with Crippen LogP contribution in [0.4, 0.5) is 0 Å². The first-order valence-corrected chi connectivity index (χ1v) is 24.2. The monoisotopic (exact) mass is 954 g/mol. The minimum absolute atomic E-state index is 0.568. The fraction of sp³-hybridized carbons (Fsp3) is 0.207. The van der Waals surface area contributed by atoms with Crippen LogP contribution < -0.4 is 9.47 Å². The van der Waals surface area contributed by atoms with Gasteiger partial charge in [-0.2, -0.15) is 10.2 Å². The van der Waals surface area contributed by atoms with Crippen molar-refractivity contribution < 1.29 is 19.7 Å². The molecule has 0 aliphatic carbocycles. The molecule has 72 heavy (non-hydrogen) atoms.